The van der Waals surface area contributed by atoms with Gasteiger partial charge in [-0.25, -0.2) is 0 Å². The monoisotopic (exact) mass is 361 g/mol. The van der Waals surface area contributed by atoms with Crippen LogP contribution in [0.25, 0.3) is 0 Å². The molecule has 1 fully saturated rings. The minimum absolute atomic E-state index is 0.00319. The Balaban J connectivity index is 2.07. The van der Waals surface area contributed by atoms with Crippen molar-refractivity contribution >= 4 is 11.6 Å². The van der Waals surface area contributed by atoms with Crippen LogP contribution in [0.15, 0.2) is 18.2 Å². The van der Waals surface area contributed by atoms with Crippen LogP contribution in [0.3, 0.4) is 0 Å². The van der Waals surface area contributed by atoms with Gasteiger partial charge >= 0.3 is 0 Å². The minimum Gasteiger partial charge on any atom is -0.493 e. The van der Waals surface area contributed by atoms with Crippen molar-refractivity contribution < 1.29 is 14.3 Å². The number of unbranched alkanes of at least 4 members (excludes halogenated alkanes) is 1. The highest BCUT2D eigenvalue weighted by atomic mass is 16.5. The summed E-state index contributed by atoms with van der Waals surface area (Å²) in [5.41, 5.74) is 1.17. The number of rotatable bonds is 9. The van der Waals surface area contributed by atoms with Gasteiger partial charge in [0.2, 0.25) is 0 Å². The number of carbonyl (C=O) groups excluding carboxylic acids is 1. The molecule has 1 aliphatic carbocycles. The predicted molar refractivity (Wildman–Crippen MR) is 107 cm³/mol. The lowest BCUT2D eigenvalue weighted by Gasteiger charge is -2.38. The van der Waals surface area contributed by atoms with Crippen LogP contribution < -0.4 is 10.1 Å². The molecule has 4 heteroatoms. The van der Waals surface area contributed by atoms with E-state index in [1.165, 1.54) is 6.42 Å². The number of hydrogen-bond acceptors (Lipinski definition) is 3. The van der Waals surface area contributed by atoms with E-state index in [1.54, 1.807) is 0 Å². The number of anilines is 1. The summed E-state index contributed by atoms with van der Waals surface area (Å²) in [6, 6.07) is 5.86. The van der Waals surface area contributed by atoms with Gasteiger partial charge in [0.1, 0.15) is 11.4 Å². The summed E-state index contributed by atoms with van der Waals surface area (Å²) >= 11 is 0. The molecule has 0 saturated heterocycles. The van der Waals surface area contributed by atoms with E-state index in [-0.39, 0.29) is 5.91 Å². The second kappa shape index (κ2) is 9.96. The van der Waals surface area contributed by atoms with Gasteiger partial charge in [0, 0.05) is 12.3 Å². The Bertz CT molecular complexity index is 587. The number of carbonyl (C=O) groups is 1. The lowest BCUT2D eigenvalue weighted by Crippen LogP contribution is -2.48. The van der Waals surface area contributed by atoms with Crippen molar-refractivity contribution in [1.82, 2.24) is 0 Å². The molecule has 2 rings (SSSR count). The van der Waals surface area contributed by atoms with Crippen LogP contribution in [-0.4, -0.2) is 24.7 Å². The number of aryl methyl sites for hydroxylation is 1. The molecule has 1 N–H and O–H groups in total. The molecule has 0 aromatic heterocycles. The van der Waals surface area contributed by atoms with Crippen LogP contribution in [0, 0.1) is 12.8 Å². The van der Waals surface area contributed by atoms with Gasteiger partial charge in [-0.1, -0.05) is 33.6 Å². The number of nitrogens with one attached hydrogen (secondary N) is 1. The fourth-order valence-electron chi connectivity index (χ4n) is 3.66. The number of hydrogen-bond donors (Lipinski definition) is 1. The molecule has 26 heavy (non-hydrogen) atoms. The Morgan fingerprint density at radius 3 is 2.73 bits per heavy atom. The average Bonchev–Trinajstić information content (AvgIpc) is 2.62. The first-order valence-electron chi connectivity index (χ1n) is 10.2. The van der Waals surface area contributed by atoms with E-state index >= 15 is 0 Å². The first kappa shape index (κ1) is 20.8. The Hall–Kier alpha value is -1.55. The summed E-state index contributed by atoms with van der Waals surface area (Å²) in [5.74, 6) is 1.40. The molecule has 0 aliphatic heterocycles. The lowest BCUT2D eigenvalue weighted by molar-refractivity contribution is -0.148. The van der Waals surface area contributed by atoms with Gasteiger partial charge in [-0.2, -0.15) is 0 Å². The van der Waals surface area contributed by atoms with Crippen LogP contribution in [0.5, 0.6) is 5.75 Å². The van der Waals surface area contributed by atoms with E-state index in [2.05, 4.69) is 26.1 Å². The van der Waals surface area contributed by atoms with Crippen molar-refractivity contribution in [2.45, 2.75) is 78.2 Å². The van der Waals surface area contributed by atoms with E-state index in [1.807, 2.05) is 25.1 Å². The van der Waals surface area contributed by atoms with Gasteiger partial charge < -0.3 is 14.8 Å². The van der Waals surface area contributed by atoms with E-state index in [9.17, 15) is 4.79 Å². The van der Waals surface area contributed by atoms with Crippen molar-refractivity contribution in [1.29, 1.82) is 0 Å². The van der Waals surface area contributed by atoms with Crippen molar-refractivity contribution in [2.75, 3.05) is 18.5 Å². The van der Waals surface area contributed by atoms with Crippen molar-refractivity contribution in [3.8, 4) is 5.75 Å². The second-order valence-electron chi connectivity index (χ2n) is 7.68. The molecule has 146 valence electrons. The maximum atomic E-state index is 13.1. The molecule has 2 atom stereocenters. The molecule has 4 nitrogen and oxygen atoms in total. The standard InChI is InChI=1S/C22H35NO3/c1-5-7-14-25-20-11-10-19(15-18(20)4)23-21(24)22(26-13-6-2)12-8-9-17(3)16-22/h10-11,15,17H,5-9,12-14,16H2,1-4H3,(H,23,24)/t17-,22-/m1/s1. The van der Waals surface area contributed by atoms with Crippen molar-refractivity contribution in [3.05, 3.63) is 23.8 Å². The van der Waals surface area contributed by atoms with Gasteiger partial charge in [0.25, 0.3) is 5.91 Å². The number of benzene rings is 1. The van der Waals surface area contributed by atoms with Crippen LogP contribution in [-0.2, 0) is 9.53 Å². The summed E-state index contributed by atoms with van der Waals surface area (Å²) in [5, 5.41) is 3.10. The third kappa shape index (κ3) is 5.47. The van der Waals surface area contributed by atoms with Crippen LogP contribution >= 0.6 is 0 Å². The SMILES string of the molecule is CCCCOc1ccc(NC(=O)[C@@]2(OCCC)CCC[C@@H](C)C2)cc1C. The minimum atomic E-state index is -0.683. The highest BCUT2D eigenvalue weighted by Gasteiger charge is 2.42. The highest BCUT2D eigenvalue weighted by molar-refractivity contribution is 5.97. The summed E-state index contributed by atoms with van der Waals surface area (Å²) in [6.45, 7) is 9.82. The summed E-state index contributed by atoms with van der Waals surface area (Å²) in [6.07, 6.45) is 6.91. The summed E-state index contributed by atoms with van der Waals surface area (Å²) in [4.78, 5) is 13.1. The van der Waals surface area contributed by atoms with Crippen molar-refractivity contribution in [2.24, 2.45) is 5.92 Å². The molecule has 0 spiro atoms. The Labute approximate surface area is 158 Å². The van der Waals surface area contributed by atoms with E-state index in [0.29, 0.717) is 12.5 Å². The van der Waals surface area contributed by atoms with Gasteiger partial charge in [0.15, 0.2) is 0 Å². The van der Waals surface area contributed by atoms with Gasteiger partial charge in [-0.3, -0.25) is 4.79 Å². The molecular formula is C22H35NO3. The number of amides is 1. The fraction of sp³-hybridized carbons (Fsp3) is 0.682. The maximum absolute atomic E-state index is 13.1. The largest absolute Gasteiger partial charge is 0.493 e. The lowest BCUT2D eigenvalue weighted by atomic mass is 9.78. The third-order valence-corrected chi connectivity index (χ3v) is 5.14. The van der Waals surface area contributed by atoms with E-state index in [4.69, 9.17) is 9.47 Å². The second-order valence-corrected chi connectivity index (χ2v) is 7.68. The Morgan fingerprint density at radius 2 is 2.08 bits per heavy atom. The van der Waals surface area contributed by atoms with Gasteiger partial charge in [-0.05, 0) is 68.7 Å². The van der Waals surface area contributed by atoms with Gasteiger partial charge in [0.05, 0.1) is 6.61 Å². The quantitative estimate of drug-likeness (QED) is 0.592. The van der Waals surface area contributed by atoms with Gasteiger partial charge in [-0.15, -0.1) is 0 Å². The van der Waals surface area contributed by atoms with E-state index in [0.717, 1.165) is 62.1 Å². The number of ether oxygens (including phenoxy) is 2. The molecule has 0 heterocycles. The molecule has 0 radical (unpaired) electrons. The topological polar surface area (TPSA) is 47.6 Å². The molecule has 1 aliphatic rings. The molecular weight excluding hydrogens is 326 g/mol. The zero-order valence-corrected chi connectivity index (χ0v) is 16.9. The van der Waals surface area contributed by atoms with Crippen LogP contribution in [0.4, 0.5) is 5.69 Å². The summed E-state index contributed by atoms with van der Waals surface area (Å²) in [7, 11) is 0. The fourth-order valence-corrected chi connectivity index (χ4v) is 3.66. The average molecular weight is 362 g/mol. The first-order chi connectivity index (χ1) is 12.5. The zero-order chi connectivity index (χ0) is 19.0. The zero-order valence-electron chi connectivity index (χ0n) is 16.9. The normalized spacial score (nSPS) is 22.8. The van der Waals surface area contributed by atoms with Crippen LogP contribution in [0.2, 0.25) is 0 Å². The Morgan fingerprint density at radius 1 is 1.27 bits per heavy atom. The predicted octanol–water partition coefficient (Wildman–Crippen LogP) is 5.49. The van der Waals surface area contributed by atoms with Crippen LogP contribution in [0.1, 0.15) is 71.3 Å². The smallest absolute Gasteiger partial charge is 0.256 e. The molecule has 1 aromatic rings. The molecule has 0 unspecified atom stereocenters. The van der Waals surface area contributed by atoms with E-state index < -0.39 is 5.60 Å². The molecule has 1 aromatic carbocycles. The molecule has 1 saturated carbocycles. The molecule has 1 amide bonds. The third-order valence-electron chi connectivity index (χ3n) is 5.14. The Kier molecular flexibility index (Phi) is 7.95. The maximum Gasteiger partial charge on any atom is 0.256 e. The first-order valence-corrected chi connectivity index (χ1v) is 10.2. The summed E-state index contributed by atoms with van der Waals surface area (Å²) < 4.78 is 11.9. The highest BCUT2D eigenvalue weighted by Crippen LogP contribution is 2.36. The molecule has 0 bridgehead atoms. The van der Waals surface area contributed by atoms with Crippen molar-refractivity contribution in [3.63, 3.8) is 0 Å².